The molecule has 0 saturated carbocycles. The van der Waals surface area contributed by atoms with E-state index in [1.807, 2.05) is 56.9 Å². The summed E-state index contributed by atoms with van der Waals surface area (Å²) in [6, 6.07) is 4.45. The molecule has 0 bridgehead atoms. The molecule has 1 fully saturated rings. The van der Waals surface area contributed by atoms with Gasteiger partial charge in [-0.05, 0) is 78.1 Å². The molecule has 294 valence electrons. The normalized spacial score (nSPS) is 19.8. The number of primary amides is 1. The van der Waals surface area contributed by atoms with Gasteiger partial charge in [-0.1, -0.05) is 32.4 Å². The first-order valence-electron chi connectivity index (χ1n) is 17.8. The Morgan fingerprint density at radius 1 is 1.17 bits per heavy atom. The number of hydrogen-bond acceptors (Lipinski definition) is 13. The second kappa shape index (κ2) is 26.0. The Morgan fingerprint density at radius 2 is 1.87 bits per heavy atom. The fourth-order valence-electron chi connectivity index (χ4n) is 5.92. The molecule has 1 aliphatic rings. The van der Waals surface area contributed by atoms with Crippen molar-refractivity contribution in [1.29, 1.82) is 0 Å². The number of nitrogens with two attached hydrogens (primary N) is 1. The lowest BCUT2D eigenvalue weighted by atomic mass is 9.86. The highest BCUT2D eigenvalue weighted by Crippen LogP contribution is 2.26. The Morgan fingerprint density at radius 3 is 2.38 bits per heavy atom. The number of aryl methyl sites for hydroxylation is 1. The summed E-state index contributed by atoms with van der Waals surface area (Å²) in [5, 5.41) is 0. The summed E-state index contributed by atoms with van der Waals surface area (Å²) in [6.07, 6.45) is 11.4. The lowest BCUT2D eigenvalue weighted by molar-refractivity contribution is -0.150. The second-order valence-electron chi connectivity index (χ2n) is 13.6. The van der Waals surface area contributed by atoms with Crippen LogP contribution in [0.4, 0.5) is 4.79 Å². The number of nitrogens with zero attached hydrogens (tertiary/aromatic N) is 4. The summed E-state index contributed by atoms with van der Waals surface area (Å²) in [5.74, 6) is -0.559. The molecule has 1 saturated heterocycles. The average molecular weight is 768 g/mol. The Bertz CT molecular complexity index is 1310. The smallest absolute Gasteiger partial charge is 0.404 e. The number of ketones is 2. The van der Waals surface area contributed by atoms with E-state index in [4.69, 9.17) is 24.1 Å². The van der Waals surface area contributed by atoms with E-state index in [-0.39, 0.29) is 48.3 Å². The molecule has 8 atom stereocenters. The fourth-order valence-corrected chi connectivity index (χ4v) is 6.43. The third-order valence-corrected chi connectivity index (χ3v) is 9.46. The van der Waals surface area contributed by atoms with Crippen LogP contribution in [0.25, 0.3) is 11.3 Å². The van der Waals surface area contributed by atoms with E-state index >= 15 is 0 Å². The van der Waals surface area contributed by atoms with Crippen molar-refractivity contribution in [3.63, 3.8) is 0 Å². The zero-order chi connectivity index (χ0) is 39.2. The van der Waals surface area contributed by atoms with Gasteiger partial charge >= 0.3 is 6.09 Å². The highest BCUT2D eigenvalue weighted by molar-refractivity contribution is 8.66. The van der Waals surface area contributed by atoms with Crippen LogP contribution < -0.4 is 5.73 Å². The molecule has 3 rings (SSSR count). The molecule has 3 heterocycles. The van der Waals surface area contributed by atoms with Crippen LogP contribution in [0.3, 0.4) is 0 Å². The van der Waals surface area contributed by atoms with Gasteiger partial charge in [0.25, 0.3) is 0 Å². The summed E-state index contributed by atoms with van der Waals surface area (Å²) < 4.78 is 23.1. The van der Waals surface area contributed by atoms with E-state index in [1.54, 1.807) is 19.4 Å². The molecular weight excluding hydrogens is 707 g/mol. The number of carbonyl (C=O) groups excluding carboxylic acids is 4. The van der Waals surface area contributed by atoms with E-state index in [1.165, 1.54) is 7.11 Å². The van der Waals surface area contributed by atoms with Crippen molar-refractivity contribution in [3.05, 3.63) is 37.1 Å². The van der Waals surface area contributed by atoms with Crippen LogP contribution in [0.2, 0.25) is 0 Å². The molecule has 15 heteroatoms. The molecule has 2 N–H and O–H groups in total. The molecule has 13 nitrogen and oxygen atoms in total. The van der Waals surface area contributed by atoms with E-state index in [0.717, 1.165) is 35.2 Å². The number of rotatable bonds is 19. The minimum Gasteiger partial charge on any atom is -0.444 e. The molecule has 2 aromatic rings. The van der Waals surface area contributed by atoms with Gasteiger partial charge in [0.1, 0.15) is 24.0 Å². The van der Waals surface area contributed by atoms with Crippen molar-refractivity contribution >= 4 is 46.7 Å². The highest BCUT2D eigenvalue weighted by Gasteiger charge is 2.29. The van der Waals surface area contributed by atoms with E-state index in [0.29, 0.717) is 44.4 Å². The van der Waals surface area contributed by atoms with Crippen LogP contribution in [-0.4, -0.2) is 95.2 Å². The number of carbonyl (C=O) groups is 4. The molecule has 0 radical (unpaired) electrons. The second-order valence-corrected chi connectivity index (χ2v) is 14.4. The topological polar surface area (TPSA) is 165 Å². The largest absolute Gasteiger partial charge is 0.444 e. The minimum atomic E-state index is -0.875. The number of methoxy groups -OCH3 is 1. The van der Waals surface area contributed by atoms with E-state index < -0.39 is 18.1 Å². The summed E-state index contributed by atoms with van der Waals surface area (Å²) in [6.45, 7) is 9.41. The van der Waals surface area contributed by atoms with Crippen molar-refractivity contribution in [2.75, 3.05) is 21.2 Å². The first-order valence-corrected chi connectivity index (χ1v) is 19.6. The number of thiol groups is 1. The summed E-state index contributed by atoms with van der Waals surface area (Å²) in [4.78, 5) is 56.4. The lowest BCUT2D eigenvalue weighted by Crippen LogP contribution is -2.41. The first kappa shape index (κ1) is 47.2. The van der Waals surface area contributed by atoms with Crippen molar-refractivity contribution in [2.24, 2.45) is 30.5 Å². The Kier molecular flexibility index (Phi) is 23.6. The average Bonchev–Trinajstić information content (AvgIpc) is 3.56. The first-order chi connectivity index (χ1) is 24.6. The lowest BCUT2D eigenvalue weighted by Gasteiger charge is -2.36. The van der Waals surface area contributed by atoms with Crippen LogP contribution in [0.1, 0.15) is 86.0 Å². The van der Waals surface area contributed by atoms with Crippen LogP contribution in [0.5, 0.6) is 0 Å². The summed E-state index contributed by atoms with van der Waals surface area (Å²) in [5.41, 5.74) is 7.11. The SMILES string of the molecule is CC1CC(N(C)C)CC(OSS)O1.CCC(OC)C(CCC(=O)CCC(C)CC(C)C(=O)C(C)C=O)OC(N)=O.Cn1cnc(-c2cccnc2)c1. The van der Waals surface area contributed by atoms with E-state index in [2.05, 4.69) is 47.5 Å². The molecule has 2 aromatic heterocycles. The van der Waals surface area contributed by atoms with Gasteiger partial charge in [0.15, 0.2) is 6.29 Å². The third kappa shape index (κ3) is 18.8. The number of amides is 1. The third-order valence-electron chi connectivity index (χ3n) is 8.90. The molecule has 0 spiro atoms. The molecule has 1 amide bonds. The van der Waals surface area contributed by atoms with Crippen LogP contribution >= 0.6 is 22.7 Å². The van der Waals surface area contributed by atoms with Crippen molar-refractivity contribution in [3.8, 4) is 11.3 Å². The zero-order valence-corrected chi connectivity index (χ0v) is 34.0. The Labute approximate surface area is 319 Å². The number of aldehydes is 1. The zero-order valence-electron chi connectivity index (χ0n) is 32.3. The number of ether oxygens (including phenoxy) is 3. The van der Waals surface area contributed by atoms with Crippen molar-refractivity contribution in [2.45, 2.75) is 117 Å². The number of imidazole rings is 1. The van der Waals surface area contributed by atoms with Gasteiger partial charge in [0, 0.05) is 69.5 Å². The molecule has 8 unspecified atom stereocenters. The Balaban J connectivity index is 0.000000442. The van der Waals surface area contributed by atoms with Gasteiger partial charge in [-0.15, -0.1) is 0 Å². The summed E-state index contributed by atoms with van der Waals surface area (Å²) in [7, 11) is 7.66. The number of pyridine rings is 1. The van der Waals surface area contributed by atoms with Gasteiger partial charge in [-0.3, -0.25) is 18.8 Å². The quantitative estimate of drug-likeness (QED) is 0.0525. The van der Waals surface area contributed by atoms with Gasteiger partial charge < -0.3 is 34.2 Å². The van der Waals surface area contributed by atoms with Crippen LogP contribution in [0.15, 0.2) is 37.1 Å². The van der Waals surface area contributed by atoms with Gasteiger partial charge in [0.05, 0.1) is 41.2 Å². The monoisotopic (exact) mass is 767 g/mol. The maximum absolute atomic E-state index is 12.2. The van der Waals surface area contributed by atoms with E-state index in [9.17, 15) is 19.2 Å². The highest BCUT2D eigenvalue weighted by atomic mass is 33.1. The summed E-state index contributed by atoms with van der Waals surface area (Å²) >= 11 is 5.02. The molecule has 0 aromatic carbocycles. The van der Waals surface area contributed by atoms with Gasteiger partial charge in [0.2, 0.25) is 0 Å². The standard InChI is InChI=1S/C20H35NO6.C9H9N3.C8H17NO2S2/c1-6-17(26-5)18(27-20(21)25)10-9-16(23)8-7-13(2)11-14(3)19(24)15(4)12-22;1-12-6-9(11-7-12)8-3-2-4-10-5-8;1-6-4-7(9(2)3)5-8(10-6)11-13-12/h12-15,17-18H,6-11H2,1-5H3,(H2,21,25);2-7H,1H3;6-8,12H,4-5H2,1-3H3. The van der Waals surface area contributed by atoms with Gasteiger partial charge in [-0.2, -0.15) is 0 Å². The Hall–Kier alpha value is -2.82. The molecular formula is C37H61N5O8S2. The molecule has 52 heavy (non-hydrogen) atoms. The van der Waals surface area contributed by atoms with Gasteiger partial charge in [-0.25, -0.2) is 9.78 Å². The predicted molar refractivity (Wildman–Crippen MR) is 207 cm³/mol. The number of hydrogen-bond donors (Lipinski definition) is 2. The van der Waals surface area contributed by atoms with Crippen LogP contribution in [0, 0.1) is 17.8 Å². The predicted octanol–water partition coefficient (Wildman–Crippen LogP) is 6.50. The number of aromatic nitrogens is 3. The molecule has 0 aliphatic carbocycles. The minimum absolute atomic E-state index is 0.0557. The fraction of sp³-hybridized carbons (Fsp3) is 0.676. The maximum Gasteiger partial charge on any atom is 0.404 e. The van der Waals surface area contributed by atoms with Crippen LogP contribution in [-0.2, 0) is 39.8 Å². The van der Waals surface area contributed by atoms with Crippen molar-refractivity contribution < 1.29 is 37.6 Å². The maximum atomic E-state index is 12.2. The number of Topliss-reactive ketones (excluding diaryl/α,β-unsaturated/α-hetero) is 2. The van der Waals surface area contributed by atoms with Crippen molar-refractivity contribution in [1.82, 2.24) is 19.4 Å². The molecule has 1 aliphatic heterocycles.